The second-order valence-corrected chi connectivity index (χ2v) is 5.23. The Morgan fingerprint density at radius 1 is 1.71 bits per heavy atom. The van der Waals surface area contributed by atoms with Gasteiger partial charge in [-0.15, -0.1) is 11.3 Å². The summed E-state index contributed by atoms with van der Waals surface area (Å²) in [5.74, 6) is -0.178. The maximum absolute atomic E-state index is 11.8. The van der Waals surface area contributed by atoms with Gasteiger partial charge in [0.2, 0.25) is 5.91 Å². The monoisotopic (exact) mass is 257 g/mol. The first kappa shape index (κ1) is 14.1. The predicted octanol–water partition coefficient (Wildman–Crippen LogP) is 0.858. The number of aromatic nitrogens is 1. The molecule has 0 radical (unpaired) electrons. The fraction of sp³-hybridized carbons (Fsp3) is 0.636. The van der Waals surface area contributed by atoms with Crippen molar-refractivity contribution in [2.45, 2.75) is 31.8 Å². The van der Waals surface area contributed by atoms with Crippen LogP contribution in [0.1, 0.15) is 25.3 Å². The van der Waals surface area contributed by atoms with Crippen LogP contribution < -0.4 is 11.1 Å². The molecule has 0 aliphatic carbocycles. The molecule has 5 nitrogen and oxygen atoms in total. The lowest BCUT2D eigenvalue weighted by Crippen LogP contribution is -2.49. The molecule has 0 fully saturated rings. The van der Waals surface area contributed by atoms with Crippen molar-refractivity contribution in [2.75, 3.05) is 13.7 Å². The van der Waals surface area contributed by atoms with Crippen molar-refractivity contribution in [3.8, 4) is 0 Å². The highest BCUT2D eigenvalue weighted by molar-refractivity contribution is 7.09. The Kier molecular flexibility index (Phi) is 5.04. The van der Waals surface area contributed by atoms with E-state index in [1.54, 1.807) is 13.3 Å². The third-order valence-corrected chi connectivity index (χ3v) is 3.47. The summed E-state index contributed by atoms with van der Waals surface area (Å²) in [6.45, 7) is 4.30. The Morgan fingerprint density at radius 3 is 2.94 bits per heavy atom. The van der Waals surface area contributed by atoms with Gasteiger partial charge < -0.3 is 15.8 Å². The second kappa shape index (κ2) is 6.09. The number of hydrogen-bond acceptors (Lipinski definition) is 5. The van der Waals surface area contributed by atoms with Crippen molar-refractivity contribution in [3.05, 3.63) is 16.6 Å². The summed E-state index contributed by atoms with van der Waals surface area (Å²) in [7, 11) is 1.59. The van der Waals surface area contributed by atoms with Gasteiger partial charge in [0.25, 0.3) is 0 Å². The van der Waals surface area contributed by atoms with Crippen LogP contribution in [0.2, 0.25) is 0 Å². The number of thiazole rings is 1. The third kappa shape index (κ3) is 4.07. The fourth-order valence-electron chi connectivity index (χ4n) is 1.36. The molecule has 0 spiro atoms. The van der Waals surface area contributed by atoms with Crippen LogP contribution in [-0.4, -0.2) is 30.6 Å². The van der Waals surface area contributed by atoms with Gasteiger partial charge in [-0.25, -0.2) is 4.98 Å². The highest BCUT2D eigenvalue weighted by Crippen LogP contribution is 2.21. The average Bonchev–Trinajstić information content (AvgIpc) is 2.79. The highest BCUT2D eigenvalue weighted by Gasteiger charge is 2.27. The SMILES string of the molecule is COCCC(N)C(=O)NC(C)(C)c1nccs1. The molecule has 0 aliphatic rings. The number of rotatable bonds is 6. The molecule has 1 amide bonds. The van der Waals surface area contributed by atoms with Crippen LogP contribution in [0.4, 0.5) is 0 Å². The normalized spacial score (nSPS) is 13.4. The first-order valence-corrected chi connectivity index (χ1v) is 6.32. The van der Waals surface area contributed by atoms with Gasteiger partial charge in [0.1, 0.15) is 5.01 Å². The van der Waals surface area contributed by atoms with Gasteiger partial charge in [-0.05, 0) is 20.3 Å². The molecule has 0 saturated carbocycles. The molecule has 1 heterocycles. The van der Waals surface area contributed by atoms with E-state index in [9.17, 15) is 4.79 Å². The summed E-state index contributed by atoms with van der Waals surface area (Å²) in [5.41, 5.74) is 5.26. The van der Waals surface area contributed by atoms with Crippen LogP contribution >= 0.6 is 11.3 Å². The largest absolute Gasteiger partial charge is 0.385 e. The van der Waals surface area contributed by atoms with E-state index in [0.29, 0.717) is 13.0 Å². The molecule has 6 heteroatoms. The van der Waals surface area contributed by atoms with E-state index in [0.717, 1.165) is 5.01 Å². The van der Waals surface area contributed by atoms with E-state index in [1.165, 1.54) is 11.3 Å². The molecule has 3 N–H and O–H groups in total. The first-order valence-electron chi connectivity index (χ1n) is 5.44. The fourth-order valence-corrected chi connectivity index (χ4v) is 2.08. The Labute approximate surface area is 105 Å². The summed E-state index contributed by atoms with van der Waals surface area (Å²) < 4.78 is 4.89. The summed E-state index contributed by atoms with van der Waals surface area (Å²) in [5, 5.41) is 5.64. The minimum atomic E-state index is -0.547. The number of carbonyl (C=O) groups is 1. The molecule has 0 aromatic carbocycles. The summed E-state index contributed by atoms with van der Waals surface area (Å²) in [6, 6.07) is -0.547. The van der Waals surface area contributed by atoms with Gasteiger partial charge in [-0.2, -0.15) is 0 Å². The van der Waals surface area contributed by atoms with Gasteiger partial charge in [-0.3, -0.25) is 4.79 Å². The van der Waals surface area contributed by atoms with Crippen molar-refractivity contribution in [1.82, 2.24) is 10.3 Å². The maximum atomic E-state index is 11.8. The lowest BCUT2D eigenvalue weighted by molar-refractivity contribution is -0.124. The predicted molar refractivity (Wildman–Crippen MR) is 67.8 cm³/mol. The molecule has 1 rings (SSSR count). The van der Waals surface area contributed by atoms with E-state index < -0.39 is 11.6 Å². The zero-order valence-corrected chi connectivity index (χ0v) is 11.2. The number of amides is 1. The Hall–Kier alpha value is -0.980. The van der Waals surface area contributed by atoms with Crippen molar-refractivity contribution in [3.63, 3.8) is 0 Å². The van der Waals surface area contributed by atoms with Crippen LogP contribution in [-0.2, 0) is 15.1 Å². The number of nitrogens with one attached hydrogen (secondary N) is 1. The minimum absolute atomic E-state index is 0.178. The number of hydrogen-bond donors (Lipinski definition) is 2. The topological polar surface area (TPSA) is 77.2 Å². The van der Waals surface area contributed by atoms with Crippen molar-refractivity contribution < 1.29 is 9.53 Å². The van der Waals surface area contributed by atoms with Crippen LogP contribution in [0.15, 0.2) is 11.6 Å². The number of ether oxygens (including phenoxy) is 1. The van der Waals surface area contributed by atoms with Gasteiger partial charge >= 0.3 is 0 Å². The molecule has 96 valence electrons. The smallest absolute Gasteiger partial charge is 0.237 e. The standard InChI is InChI=1S/C11H19N3O2S/c1-11(2,10-13-5-7-17-10)14-9(15)8(12)4-6-16-3/h5,7-8H,4,6,12H2,1-3H3,(H,14,15). The van der Waals surface area contributed by atoms with E-state index in [-0.39, 0.29) is 5.91 Å². The van der Waals surface area contributed by atoms with Crippen LogP contribution in [0.25, 0.3) is 0 Å². The third-order valence-electron chi connectivity index (χ3n) is 2.37. The quantitative estimate of drug-likeness (QED) is 0.792. The van der Waals surface area contributed by atoms with Crippen molar-refractivity contribution in [2.24, 2.45) is 5.73 Å². The Bertz CT molecular complexity index is 352. The molecule has 0 saturated heterocycles. The molecule has 1 aromatic rings. The van der Waals surface area contributed by atoms with E-state index >= 15 is 0 Å². The van der Waals surface area contributed by atoms with Crippen molar-refractivity contribution >= 4 is 17.2 Å². The summed E-state index contributed by atoms with van der Waals surface area (Å²) in [4.78, 5) is 16.0. The summed E-state index contributed by atoms with van der Waals surface area (Å²) in [6.07, 6.45) is 2.23. The van der Waals surface area contributed by atoms with Crippen LogP contribution in [0, 0.1) is 0 Å². The van der Waals surface area contributed by atoms with Crippen molar-refractivity contribution in [1.29, 1.82) is 0 Å². The molecule has 1 atom stereocenters. The number of methoxy groups -OCH3 is 1. The number of carbonyl (C=O) groups excluding carboxylic acids is 1. The Morgan fingerprint density at radius 2 is 2.41 bits per heavy atom. The second-order valence-electron chi connectivity index (χ2n) is 4.34. The van der Waals surface area contributed by atoms with Gasteiger partial charge in [0.05, 0.1) is 11.6 Å². The van der Waals surface area contributed by atoms with Gasteiger partial charge in [0, 0.05) is 25.3 Å². The van der Waals surface area contributed by atoms with E-state index in [2.05, 4.69) is 10.3 Å². The molecule has 17 heavy (non-hydrogen) atoms. The zero-order chi connectivity index (χ0) is 12.9. The zero-order valence-electron chi connectivity index (χ0n) is 10.4. The van der Waals surface area contributed by atoms with Gasteiger partial charge in [0.15, 0.2) is 0 Å². The molecule has 1 unspecified atom stereocenters. The van der Waals surface area contributed by atoms with Crippen LogP contribution in [0.5, 0.6) is 0 Å². The number of nitrogens with zero attached hydrogens (tertiary/aromatic N) is 1. The van der Waals surface area contributed by atoms with Gasteiger partial charge in [-0.1, -0.05) is 0 Å². The molecular formula is C11H19N3O2S. The lowest BCUT2D eigenvalue weighted by Gasteiger charge is -2.25. The minimum Gasteiger partial charge on any atom is -0.385 e. The average molecular weight is 257 g/mol. The Balaban J connectivity index is 2.55. The van der Waals surface area contributed by atoms with E-state index in [1.807, 2.05) is 19.2 Å². The van der Waals surface area contributed by atoms with E-state index in [4.69, 9.17) is 10.5 Å². The molecule has 1 aromatic heterocycles. The maximum Gasteiger partial charge on any atom is 0.237 e. The molecule has 0 aliphatic heterocycles. The number of nitrogens with two attached hydrogens (primary N) is 1. The first-order chi connectivity index (χ1) is 7.97. The van der Waals surface area contributed by atoms with Crippen LogP contribution in [0.3, 0.4) is 0 Å². The summed E-state index contributed by atoms with van der Waals surface area (Å²) >= 11 is 1.51. The molecule has 0 bridgehead atoms. The molecular weight excluding hydrogens is 238 g/mol. The lowest BCUT2D eigenvalue weighted by atomic mass is 10.1. The highest BCUT2D eigenvalue weighted by atomic mass is 32.1.